The SMILES string of the molecule is Cl.NC(C(=O)NCc1cccc(NC(=O)c2cccc(F)c2)c1)C1CCOCC1. The van der Waals surface area contributed by atoms with E-state index in [0.29, 0.717) is 25.4 Å². The molecule has 29 heavy (non-hydrogen) atoms. The van der Waals surface area contributed by atoms with Crippen LogP contribution in [-0.4, -0.2) is 31.1 Å². The van der Waals surface area contributed by atoms with Crippen LogP contribution in [0.2, 0.25) is 0 Å². The fourth-order valence-electron chi connectivity index (χ4n) is 3.19. The highest BCUT2D eigenvalue weighted by molar-refractivity contribution is 6.04. The number of halogens is 2. The number of nitrogens with one attached hydrogen (secondary N) is 2. The number of hydrogen-bond acceptors (Lipinski definition) is 4. The lowest BCUT2D eigenvalue weighted by molar-refractivity contribution is -0.124. The summed E-state index contributed by atoms with van der Waals surface area (Å²) in [6.45, 7) is 1.58. The molecule has 0 spiro atoms. The van der Waals surface area contributed by atoms with Crippen molar-refractivity contribution in [3.8, 4) is 0 Å². The van der Waals surface area contributed by atoms with Crippen LogP contribution in [0, 0.1) is 11.7 Å². The van der Waals surface area contributed by atoms with Crippen molar-refractivity contribution in [2.24, 2.45) is 11.7 Å². The summed E-state index contributed by atoms with van der Waals surface area (Å²) in [7, 11) is 0. The molecule has 2 amide bonds. The van der Waals surface area contributed by atoms with Crippen molar-refractivity contribution in [1.29, 1.82) is 0 Å². The van der Waals surface area contributed by atoms with Gasteiger partial charge in [0.05, 0.1) is 6.04 Å². The second-order valence-corrected chi connectivity index (χ2v) is 6.86. The Balaban J connectivity index is 0.00000300. The van der Waals surface area contributed by atoms with Crippen LogP contribution in [0.4, 0.5) is 10.1 Å². The van der Waals surface area contributed by atoms with Crippen LogP contribution >= 0.6 is 12.4 Å². The summed E-state index contributed by atoms with van der Waals surface area (Å²) in [6, 6.07) is 12.0. The van der Waals surface area contributed by atoms with E-state index < -0.39 is 17.8 Å². The lowest BCUT2D eigenvalue weighted by Gasteiger charge is -2.26. The Hall–Kier alpha value is -2.48. The Morgan fingerprint density at radius 2 is 1.86 bits per heavy atom. The van der Waals surface area contributed by atoms with Gasteiger partial charge in [-0.05, 0) is 54.7 Å². The molecule has 6 nitrogen and oxygen atoms in total. The average molecular weight is 422 g/mol. The summed E-state index contributed by atoms with van der Waals surface area (Å²) in [5.41, 5.74) is 7.70. The molecule has 2 aromatic rings. The Morgan fingerprint density at radius 1 is 1.14 bits per heavy atom. The van der Waals surface area contributed by atoms with Crippen molar-refractivity contribution < 1.29 is 18.7 Å². The third-order valence-electron chi connectivity index (χ3n) is 4.81. The second kappa shape index (κ2) is 10.9. The predicted octanol–water partition coefficient (Wildman–Crippen LogP) is 2.87. The van der Waals surface area contributed by atoms with Crippen LogP contribution in [0.1, 0.15) is 28.8 Å². The lowest BCUT2D eigenvalue weighted by Crippen LogP contribution is -2.46. The fraction of sp³-hybridized carbons (Fsp3) is 0.333. The molecule has 3 rings (SSSR count). The lowest BCUT2D eigenvalue weighted by atomic mass is 9.92. The molecule has 1 atom stereocenters. The van der Waals surface area contributed by atoms with Crippen molar-refractivity contribution in [3.63, 3.8) is 0 Å². The third kappa shape index (κ3) is 6.52. The molecule has 0 aliphatic carbocycles. The van der Waals surface area contributed by atoms with E-state index in [1.165, 1.54) is 18.2 Å². The van der Waals surface area contributed by atoms with E-state index >= 15 is 0 Å². The first kappa shape index (κ1) is 22.8. The zero-order valence-corrected chi connectivity index (χ0v) is 16.7. The molecule has 156 valence electrons. The monoisotopic (exact) mass is 421 g/mol. The summed E-state index contributed by atoms with van der Waals surface area (Å²) >= 11 is 0. The summed E-state index contributed by atoms with van der Waals surface area (Å²) in [6.07, 6.45) is 1.58. The standard InChI is InChI=1S/C21H24FN3O3.ClH/c22-17-5-2-4-16(12-17)20(26)25-18-6-1-3-14(11-18)13-24-21(27)19(23)15-7-9-28-10-8-15;/h1-6,11-12,15,19H,7-10,13,23H2,(H,24,27)(H,25,26);1H. The van der Waals surface area contributed by atoms with Gasteiger partial charge in [0.25, 0.3) is 5.91 Å². The fourth-order valence-corrected chi connectivity index (χ4v) is 3.19. The quantitative estimate of drug-likeness (QED) is 0.668. The molecule has 1 saturated heterocycles. The first-order valence-electron chi connectivity index (χ1n) is 9.30. The minimum atomic E-state index is -0.556. The Morgan fingerprint density at radius 3 is 2.59 bits per heavy atom. The number of carbonyl (C=O) groups is 2. The Bertz CT molecular complexity index is 843. The maximum Gasteiger partial charge on any atom is 0.255 e. The highest BCUT2D eigenvalue weighted by atomic mass is 35.5. The first-order valence-corrected chi connectivity index (χ1v) is 9.30. The molecule has 0 bridgehead atoms. The summed E-state index contributed by atoms with van der Waals surface area (Å²) in [5, 5.41) is 5.58. The van der Waals surface area contributed by atoms with Crippen LogP contribution < -0.4 is 16.4 Å². The van der Waals surface area contributed by atoms with Crippen molar-refractivity contribution >= 4 is 29.9 Å². The molecule has 0 radical (unpaired) electrons. The van der Waals surface area contributed by atoms with E-state index in [1.54, 1.807) is 24.3 Å². The molecule has 0 aromatic heterocycles. The number of rotatable bonds is 6. The number of benzene rings is 2. The number of carbonyl (C=O) groups excluding carboxylic acids is 2. The van der Waals surface area contributed by atoms with E-state index in [2.05, 4.69) is 10.6 Å². The second-order valence-electron chi connectivity index (χ2n) is 6.86. The molecule has 2 aromatic carbocycles. The van der Waals surface area contributed by atoms with Gasteiger partial charge in [-0.1, -0.05) is 18.2 Å². The largest absolute Gasteiger partial charge is 0.381 e. The molecule has 4 N–H and O–H groups in total. The number of anilines is 1. The van der Waals surface area contributed by atoms with Gasteiger partial charge in [-0.25, -0.2) is 4.39 Å². The van der Waals surface area contributed by atoms with Gasteiger partial charge < -0.3 is 21.1 Å². The van der Waals surface area contributed by atoms with Crippen LogP contribution in [0.15, 0.2) is 48.5 Å². The minimum absolute atomic E-state index is 0. The number of ether oxygens (including phenoxy) is 1. The normalized spacial score (nSPS) is 15.1. The Labute approximate surface area is 175 Å². The molecule has 1 aliphatic heterocycles. The number of nitrogens with two attached hydrogens (primary N) is 1. The molecule has 1 unspecified atom stereocenters. The van der Waals surface area contributed by atoms with Crippen LogP contribution in [-0.2, 0) is 16.1 Å². The maximum atomic E-state index is 13.3. The maximum absolute atomic E-state index is 13.3. The Kier molecular flexibility index (Phi) is 8.57. The third-order valence-corrected chi connectivity index (χ3v) is 4.81. The van der Waals surface area contributed by atoms with Gasteiger partial charge >= 0.3 is 0 Å². The van der Waals surface area contributed by atoms with Gasteiger partial charge in [0.2, 0.25) is 5.91 Å². The molecule has 8 heteroatoms. The van der Waals surface area contributed by atoms with E-state index in [9.17, 15) is 14.0 Å². The summed E-state index contributed by atoms with van der Waals surface area (Å²) in [4.78, 5) is 24.5. The van der Waals surface area contributed by atoms with Crippen LogP contribution in [0.25, 0.3) is 0 Å². The van der Waals surface area contributed by atoms with Gasteiger partial charge in [-0.3, -0.25) is 9.59 Å². The zero-order chi connectivity index (χ0) is 19.9. The number of amides is 2. The number of hydrogen-bond donors (Lipinski definition) is 3. The summed E-state index contributed by atoms with van der Waals surface area (Å²) in [5.74, 6) is -0.932. The van der Waals surface area contributed by atoms with Gasteiger partial charge in [0, 0.05) is 31.0 Å². The highest BCUT2D eigenvalue weighted by Crippen LogP contribution is 2.18. The van der Waals surface area contributed by atoms with Gasteiger partial charge in [0.15, 0.2) is 0 Å². The molecule has 1 aliphatic rings. The van der Waals surface area contributed by atoms with E-state index in [-0.39, 0.29) is 29.8 Å². The summed E-state index contributed by atoms with van der Waals surface area (Å²) < 4.78 is 18.6. The van der Waals surface area contributed by atoms with Crippen LogP contribution in [0.3, 0.4) is 0 Å². The van der Waals surface area contributed by atoms with E-state index in [4.69, 9.17) is 10.5 Å². The molecule has 1 heterocycles. The highest BCUT2D eigenvalue weighted by Gasteiger charge is 2.26. The van der Waals surface area contributed by atoms with Crippen molar-refractivity contribution in [2.45, 2.75) is 25.4 Å². The molecular weight excluding hydrogens is 397 g/mol. The van der Waals surface area contributed by atoms with Gasteiger partial charge in [-0.15, -0.1) is 12.4 Å². The zero-order valence-electron chi connectivity index (χ0n) is 15.9. The minimum Gasteiger partial charge on any atom is -0.381 e. The van der Waals surface area contributed by atoms with Crippen molar-refractivity contribution in [1.82, 2.24) is 5.32 Å². The molecule has 1 fully saturated rings. The van der Waals surface area contributed by atoms with Gasteiger partial charge in [0.1, 0.15) is 5.82 Å². The average Bonchev–Trinajstić information content (AvgIpc) is 2.72. The van der Waals surface area contributed by atoms with Crippen molar-refractivity contribution in [2.75, 3.05) is 18.5 Å². The first-order chi connectivity index (χ1) is 13.5. The van der Waals surface area contributed by atoms with E-state index in [1.807, 2.05) is 6.07 Å². The van der Waals surface area contributed by atoms with Crippen LogP contribution in [0.5, 0.6) is 0 Å². The van der Waals surface area contributed by atoms with E-state index in [0.717, 1.165) is 18.4 Å². The van der Waals surface area contributed by atoms with Crippen molar-refractivity contribution in [3.05, 3.63) is 65.5 Å². The molecular formula is C21H25ClFN3O3. The smallest absolute Gasteiger partial charge is 0.255 e. The van der Waals surface area contributed by atoms with Gasteiger partial charge in [-0.2, -0.15) is 0 Å². The molecule has 0 saturated carbocycles. The predicted molar refractivity (Wildman–Crippen MR) is 111 cm³/mol. The topological polar surface area (TPSA) is 93.5 Å².